The molecule has 1 fully saturated rings. The molecule has 1 aromatic carbocycles. The van der Waals surface area contributed by atoms with Crippen LogP contribution in [0.4, 0.5) is 0 Å². The van der Waals surface area contributed by atoms with Crippen LogP contribution in [0.1, 0.15) is 31.4 Å². The highest BCUT2D eigenvalue weighted by atomic mass is 79.9. The second-order valence-corrected chi connectivity index (χ2v) is 6.23. The number of aliphatic hydroxyl groups excluding tert-OH is 1. The van der Waals surface area contributed by atoms with Crippen LogP contribution in [0.3, 0.4) is 0 Å². The Morgan fingerprint density at radius 3 is 2.68 bits per heavy atom. The molecular formula is C15H22BrNO2. The molecular weight excluding hydrogens is 306 g/mol. The number of benzene rings is 1. The van der Waals surface area contributed by atoms with Crippen molar-refractivity contribution in [2.24, 2.45) is 5.92 Å². The Morgan fingerprint density at radius 1 is 1.37 bits per heavy atom. The van der Waals surface area contributed by atoms with E-state index in [-0.39, 0.29) is 6.04 Å². The Kier molecular flexibility index (Phi) is 5.82. The van der Waals surface area contributed by atoms with Gasteiger partial charge in [0.25, 0.3) is 0 Å². The van der Waals surface area contributed by atoms with Crippen molar-refractivity contribution in [1.29, 1.82) is 0 Å². The maximum absolute atomic E-state index is 9.83. The third-order valence-electron chi connectivity index (χ3n) is 3.39. The summed E-state index contributed by atoms with van der Waals surface area (Å²) < 4.78 is 6.56. The number of halogens is 1. The maximum Gasteiger partial charge on any atom is 0.0897 e. The number of ether oxygens (including phenoxy) is 1. The first-order chi connectivity index (χ1) is 9.15. The monoisotopic (exact) mass is 327 g/mol. The fourth-order valence-corrected chi connectivity index (χ4v) is 2.16. The Labute approximate surface area is 123 Å². The first-order valence-corrected chi connectivity index (χ1v) is 7.69. The molecule has 4 heteroatoms. The van der Waals surface area contributed by atoms with Crippen LogP contribution in [-0.2, 0) is 4.74 Å². The van der Waals surface area contributed by atoms with Gasteiger partial charge in [-0.05, 0) is 43.4 Å². The van der Waals surface area contributed by atoms with Crippen LogP contribution in [0.2, 0.25) is 0 Å². The lowest BCUT2D eigenvalue weighted by atomic mass is 10.1. The van der Waals surface area contributed by atoms with Gasteiger partial charge in [0.2, 0.25) is 0 Å². The fraction of sp³-hybridized carbons (Fsp3) is 0.600. The van der Waals surface area contributed by atoms with Crippen molar-refractivity contribution in [3.05, 3.63) is 34.3 Å². The Balaban J connectivity index is 1.64. The minimum absolute atomic E-state index is 0.228. The van der Waals surface area contributed by atoms with E-state index in [4.69, 9.17) is 4.74 Å². The van der Waals surface area contributed by atoms with Crippen molar-refractivity contribution in [3.63, 3.8) is 0 Å². The van der Waals surface area contributed by atoms with Crippen LogP contribution in [0.5, 0.6) is 0 Å². The van der Waals surface area contributed by atoms with Gasteiger partial charge in [0.15, 0.2) is 0 Å². The molecule has 0 aromatic heterocycles. The molecule has 1 aliphatic carbocycles. The van der Waals surface area contributed by atoms with E-state index in [1.165, 1.54) is 18.4 Å². The first kappa shape index (κ1) is 15.0. The molecule has 19 heavy (non-hydrogen) atoms. The lowest BCUT2D eigenvalue weighted by Crippen LogP contribution is -2.32. The summed E-state index contributed by atoms with van der Waals surface area (Å²) in [6.45, 7) is 3.89. The molecule has 0 aliphatic heterocycles. The highest BCUT2D eigenvalue weighted by Crippen LogP contribution is 2.28. The van der Waals surface area contributed by atoms with Crippen LogP contribution in [0, 0.1) is 5.92 Å². The molecule has 3 nitrogen and oxygen atoms in total. The zero-order valence-corrected chi connectivity index (χ0v) is 12.9. The van der Waals surface area contributed by atoms with Gasteiger partial charge in [-0.2, -0.15) is 0 Å². The number of rotatable bonds is 8. The Bertz CT molecular complexity index is 378. The average Bonchev–Trinajstić information content (AvgIpc) is 3.21. The van der Waals surface area contributed by atoms with E-state index in [1.807, 2.05) is 12.1 Å². The minimum Gasteiger partial charge on any atom is -0.389 e. The number of aliphatic hydroxyl groups is 1. The van der Waals surface area contributed by atoms with Gasteiger partial charge in [-0.3, -0.25) is 0 Å². The smallest absolute Gasteiger partial charge is 0.0897 e. The standard InChI is InChI=1S/C15H22BrNO2/c1-11(13-4-6-14(16)7-5-13)17-8-15(18)10-19-9-12-2-3-12/h4-7,11-12,15,17-18H,2-3,8-10H2,1H3/t11-,15?/m1/s1. The van der Waals surface area contributed by atoms with E-state index >= 15 is 0 Å². The first-order valence-electron chi connectivity index (χ1n) is 6.90. The largest absolute Gasteiger partial charge is 0.389 e. The van der Waals surface area contributed by atoms with Crippen LogP contribution < -0.4 is 5.32 Å². The zero-order valence-electron chi connectivity index (χ0n) is 11.3. The molecule has 1 aromatic rings. The van der Waals surface area contributed by atoms with Crippen molar-refractivity contribution in [2.45, 2.75) is 31.9 Å². The van der Waals surface area contributed by atoms with E-state index in [9.17, 15) is 5.11 Å². The molecule has 0 radical (unpaired) electrons. The molecule has 1 unspecified atom stereocenters. The summed E-state index contributed by atoms with van der Waals surface area (Å²) >= 11 is 3.42. The van der Waals surface area contributed by atoms with Gasteiger partial charge in [-0.1, -0.05) is 28.1 Å². The Hall–Kier alpha value is -0.420. The lowest BCUT2D eigenvalue weighted by Gasteiger charge is -2.17. The van der Waals surface area contributed by atoms with Crippen LogP contribution in [-0.4, -0.2) is 31.0 Å². The molecule has 2 rings (SSSR count). The molecule has 106 valence electrons. The van der Waals surface area contributed by atoms with Crippen LogP contribution >= 0.6 is 15.9 Å². The van der Waals surface area contributed by atoms with Crippen LogP contribution in [0.15, 0.2) is 28.7 Å². The summed E-state index contributed by atoms with van der Waals surface area (Å²) in [7, 11) is 0. The van der Waals surface area contributed by atoms with Gasteiger partial charge in [-0.25, -0.2) is 0 Å². The normalized spacial score (nSPS) is 18.3. The van der Waals surface area contributed by atoms with E-state index in [1.54, 1.807) is 0 Å². The summed E-state index contributed by atoms with van der Waals surface area (Å²) in [5, 5.41) is 13.2. The predicted molar refractivity (Wildman–Crippen MR) is 80.1 cm³/mol. The molecule has 0 saturated heterocycles. The number of hydrogen-bond acceptors (Lipinski definition) is 3. The molecule has 1 saturated carbocycles. The summed E-state index contributed by atoms with van der Waals surface area (Å²) in [5.74, 6) is 0.752. The SMILES string of the molecule is C[C@@H](NCC(O)COCC1CC1)c1ccc(Br)cc1. The van der Waals surface area contributed by atoms with Gasteiger partial charge in [-0.15, -0.1) is 0 Å². The van der Waals surface area contributed by atoms with Gasteiger partial charge in [0.05, 0.1) is 12.7 Å². The summed E-state index contributed by atoms with van der Waals surface area (Å²) in [4.78, 5) is 0. The van der Waals surface area contributed by atoms with Gasteiger partial charge < -0.3 is 15.2 Å². The van der Waals surface area contributed by atoms with Crippen molar-refractivity contribution in [2.75, 3.05) is 19.8 Å². The van der Waals surface area contributed by atoms with Crippen molar-refractivity contribution < 1.29 is 9.84 Å². The highest BCUT2D eigenvalue weighted by molar-refractivity contribution is 9.10. The number of hydrogen-bond donors (Lipinski definition) is 2. The second kappa shape index (κ2) is 7.39. The minimum atomic E-state index is -0.434. The molecule has 0 bridgehead atoms. The van der Waals surface area contributed by atoms with Crippen LogP contribution in [0.25, 0.3) is 0 Å². The van der Waals surface area contributed by atoms with E-state index < -0.39 is 6.10 Å². The zero-order chi connectivity index (χ0) is 13.7. The highest BCUT2D eigenvalue weighted by Gasteiger charge is 2.21. The number of nitrogens with one attached hydrogen (secondary N) is 1. The van der Waals surface area contributed by atoms with Gasteiger partial charge in [0.1, 0.15) is 0 Å². The van der Waals surface area contributed by atoms with E-state index in [0.29, 0.717) is 13.2 Å². The quantitative estimate of drug-likeness (QED) is 0.771. The molecule has 0 spiro atoms. The van der Waals surface area contributed by atoms with Gasteiger partial charge >= 0.3 is 0 Å². The predicted octanol–water partition coefficient (Wildman–Crippen LogP) is 2.89. The third kappa shape index (κ3) is 5.61. The third-order valence-corrected chi connectivity index (χ3v) is 3.92. The van der Waals surface area contributed by atoms with E-state index in [2.05, 4.69) is 40.3 Å². The molecule has 0 amide bonds. The maximum atomic E-state index is 9.83. The summed E-state index contributed by atoms with van der Waals surface area (Å²) in [6, 6.07) is 8.45. The molecule has 2 N–H and O–H groups in total. The van der Waals surface area contributed by atoms with Crippen molar-refractivity contribution in [3.8, 4) is 0 Å². The summed E-state index contributed by atoms with van der Waals surface area (Å²) in [5.41, 5.74) is 1.22. The second-order valence-electron chi connectivity index (χ2n) is 5.32. The Morgan fingerprint density at radius 2 is 2.05 bits per heavy atom. The molecule has 2 atom stereocenters. The van der Waals surface area contributed by atoms with Crippen molar-refractivity contribution in [1.82, 2.24) is 5.32 Å². The van der Waals surface area contributed by atoms with Crippen molar-refractivity contribution >= 4 is 15.9 Å². The summed E-state index contributed by atoms with van der Waals surface area (Å²) in [6.07, 6.45) is 2.14. The van der Waals surface area contributed by atoms with Gasteiger partial charge in [0, 0.05) is 23.7 Å². The average molecular weight is 328 g/mol. The molecule has 1 aliphatic rings. The fourth-order valence-electron chi connectivity index (χ4n) is 1.90. The lowest BCUT2D eigenvalue weighted by molar-refractivity contribution is 0.0315. The topological polar surface area (TPSA) is 41.5 Å². The molecule has 0 heterocycles. The van der Waals surface area contributed by atoms with E-state index in [0.717, 1.165) is 17.0 Å².